The lowest BCUT2D eigenvalue weighted by Crippen LogP contribution is -2.23. The van der Waals surface area contributed by atoms with Crippen LogP contribution in [-0.4, -0.2) is 9.13 Å². The van der Waals surface area contributed by atoms with Crippen molar-refractivity contribution in [2.24, 2.45) is 0 Å². The fourth-order valence-corrected chi connectivity index (χ4v) is 2.53. The molecule has 3 heteroatoms. The Morgan fingerprint density at radius 3 is 2.29 bits per heavy atom. The number of benzene rings is 2. The molecule has 0 atom stereocenters. The molecule has 21 heavy (non-hydrogen) atoms. The standard InChI is InChI=1S/C18H16N2O/c1-3-13-19-16-11-7-8-12-17(16)20(18(19)21)14(2)15-9-5-4-6-10-15/h3-12H,1-2,13H2. The van der Waals surface area contributed by atoms with Crippen molar-refractivity contribution in [2.45, 2.75) is 6.54 Å². The Morgan fingerprint density at radius 1 is 1.00 bits per heavy atom. The van der Waals surface area contributed by atoms with E-state index in [0.717, 1.165) is 16.6 Å². The van der Waals surface area contributed by atoms with Crippen molar-refractivity contribution >= 4 is 16.7 Å². The van der Waals surface area contributed by atoms with Gasteiger partial charge in [0.1, 0.15) is 0 Å². The van der Waals surface area contributed by atoms with Gasteiger partial charge in [0.2, 0.25) is 0 Å². The van der Waals surface area contributed by atoms with Crippen LogP contribution in [0, 0.1) is 0 Å². The average molecular weight is 276 g/mol. The predicted octanol–water partition coefficient (Wildman–Crippen LogP) is 3.51. The second-order valence-electron chi connectivity index (χ2n) is 4.82. The van der Waals surface area contributed by atoms with Crippen LogP contribution in [0.5, 0.6) is 0 Å². The third-order valence-electron chi connectivity index (χ3n) is 3.52. The Hall–Kier alpha value is -2.81. The van der Waals surface area contributed by atoms with Crippen molar-refractivity contribution in [1.29, 1.82) is 0 Å². The molecule has 3 aromatic rings. The molecule has 3 nitrogen and oxygen atoms in total. The van der Waals surface area contributed by atoms with Gasteiger partial charge in [-0.15, -0.1) is 6.58 Å². The quantitative estimate of drug-likeness (QED) is 0.670. The number of hydrogen-bond donors (Lipinski definition) is 0. The van der Waals surface area contributed by atoms with Gasteiger partial charge < -0.3 is 0 Å². The minimum absolute atomic E-state index is 0.0926. The number of para-hydroxylation sites is 2. The fourth-order valence-electron chi connectivity index (χ4n) is 2.53. The first-order valence-corrected chi connectivity index (χ1v) is 6.80. The normalized spacial score (nSPS) is 10.7. The Morgan fingerprint density at radius 2 is 1.62 bits per heavy atom. The Balaban J connectivity index is 2.28. The Kier molecular flexibility index (Phi) is 3.32. The highest BCUT2D eigenvalue weighted by atomic mass is 16.1. The van der Waals surface area contributed by atoms with Crippen LogP contribution in [0.25, 0.3) is 16.7 Å². The summed E-state index contributed by atoms with van der Waals surface area (Å²) in [6, 6.07) is 17.5. The fraction of sp³-hybridized carbons (Fsp3) is 0.0556. The predicted molar refractivity (Wildman–Crippen MR) is 87.3 cm³/mol. The number of aromatic nitrogens is 2. The zero-order chi connectivity index (χ0) is 14.8. The summed E-state index contributed by atoms with van der Waals surface area (Å²) in [6.45, 7) is 8.31. The lowest BCUT2D eigenvalue weighted by atomic mass is 10.1. The minimum Gasteiger partial charge on any atom is -0.288 e. The van der Waals surface area contributed by atoms with Crippen LogP contribution in [0.1, 0.15) is 5.56 Å². The van der Waals surface area contributed by atoms with Gasteiger partial charge in [-0.3, -0.25) is 9.13 Å². The number of fused-ring (bicyclic) bond motifs is 1. The van der Waals surface area contributed by atoms with Crippen LogP contribution in [-0.2, 0) is 6.54 Å². The molecule has 0 aliphatic carbocycles. The molecule has 3 rings (SSSR count). The van der Waals surface area contributed by atoms with Crippen LogP contribution >= 0.6 is 0 Å². The maximum atomic E-state index is 12.7. The van der Waals surface area contributed by atoms with E-state index in [1.165, 1.54) is 0 Å². The lowest BCUT2D eigenvalue weighted by molar-refractivity contribution is 0.787. The Labute approximate surface area is 123 Å². The van der Waals surface area contributed by atoms with Gasteiger partial charge in [-0.25, -0.2) is 4.79 Å². The second-order valence-corrected chi connectivity index (χ2v) is 4.82. The molecule has 0 amide bonds. The van der Waals surface area contributed by atoms with E-state index in [1.54, 1.807) is 15.2 Å². The molecule has 2 aromatic carbocycles. The van der Waals surface area contributed by atoms with Crippen molar-refractivity contribution in [2.75, 3.05) is 0 Å². The molecule has 0 bridgehead atoms. The van der Waals surface area contributed by atoms with Crippen LogP contribution < -0.4 is 5.69 Å². The van der Waals surface area contributed by atoms with Gasteiger partial charge in [0.15, 0.2) is 0 Å². The molecule has 1 aromatic heterocycles. The van der Waals surface area contributed by atoms with E-state index in [-0.39, 0.29) is 5.69 Å². The van der Waals surface area contributed by atoms with E-state index in [2.05, 4.69) is 13.2 Å². The number of nitrogens with zero attached hydrogens (tertiary/aromatic N) is 2. The molecular formula is C18H16N2O. The molecule has 0 radical (unpaired) electrons. The van der Waals surface area contributed by atoms with Crippen molar-refractivity contribution in [3.8, 4) is 0 Å². The molecule has 0 unspecified atom stereocenters. The first-order chi connectivity index (χ1) is 10.2. The van der Waals surface area contributed by atoms with Crippen molar-refractivity contribution in [3.05, 3.63) is 89.9 Å². The molecule has 1 heterocycles. The molecule has 0 aliphatic rings. The van der Waals surface area contributed by atoms with Gasteiger partial charge in [0.25, 0.3) is 0 Å². The number of rotatable bonds is 4. The topological polar surface area (TPSA) is 26.9 Å². The molecule has 0 fully saturated rings. The highest BCUT2D eigenvalue weighted by Crippen LogP contribution is 2.20. The summed E-state index contributed by atoms with van der Waals surface area (Å²) in [5.41, 5.74) is 3.27. The summed E-state index contributed by atoms with van der Waals surface area (Å²) in [6.07, 6.45) is 1.73. The van der Waals surface area contributed by atoms with E-state index < -0.39 is 0 Å². The van der Waals surface area contributed by atoms with Gasteiger partial charge >= 0.3 is 5.69 Å². The highest BCUT2D eigenvalue weighted by molar-refractivity contribution is 5.82. The van der Waals surface area contributed by atoms with Crippen LogP contribution in [0.15, 0.2) is 78.6 Å². The molecule has 0 saturated carbocycles. The summed E-state index contributed by atoms with van der Waals surface area (Å²) < 4.78 is 3.37. The summed E-state index contributed by atoms with van der Waals surface area (Å²) >= 11 is 0. The SMILES string of the molecule is C=CCn1c(=O)n(C(=C)c2ccccc2)c2ccccc21. The molecule has 0 aliphatic heterocycles. The van der Waals surface area contributed by atoms with E-state index in [4.69, 9.17) is 0 Å². The van der Waals surface area contributed by atoms with Gasteiger partial charge in [0.05, 0.1) is 16.7 Å². The Bertz CT molecular complexity index is 869. The zero-order valence-corrected chi connectivity index (χ0v) is 11.7. The van der Waals surface area contributed by atoms with Gasteiger partial charge in [-0.2, -0.15) is 0 Å². The van der Waals surface area contributed by atoms with E-state index in [1.807, 2.05) is 54.6 Å². The third kappa shape index (κ3) is 2.13. The number of allylic oxidation sites excluding steroid dienone is 1. The van der Waals surface area contributed by atoms with Gasteiger partial charge in [-0.1, -0.05) is 55.1 Å². The maximum absolute atomic E-state index is 12.7. The van der Waals surface area contributed by atoms with E-state index >= 15 is 0 Å². The van der Waals surface area contributed by atoms with Gasteiger partial charge in [-0.05, 0) is 17.7 Å². The zero-order valence-electron chi connectivity index (χ0n) is 11.7. The van der Waals surface area contributed by atoms with Crippen LogP contribution in [0.4, 0.5) is 0 Å². The van der Waals surface area contributed by atoms with E-state index in [9.17, 15) is 4.79 Å². The largest absolute Gasteiger partial charge is 0.334 e. The lowest BCUT2D eigenvalue weighted by Gasteiger charge is -2.07. The smallest absolute Gasteiger partial charge is 0.288 e. The van der Waals surface area contributed by atoms with Crippen LogP contribution in [0.3, 0.4) is 0 Å². The van der Waals surface area contributed by atoms with Gasteiger partial charge in [0, 0.05) is 6.54 Å². The molecule has 0 saturated heterocycles. The average Bonchev–Trinajstić information content (AvgIpc) is 2.81. The van der Waals surface area contributed by atoms with Crippen molar-refractivity contribution in [3.63, 3.8) is 0 Å². The summed E-state index contributed by atoms with van der Waals surface area (Å²) in [5.74, 6) is 0. The molecule has 104 valence electrons. The van der Waals surface area contributed by atoms with E-state index in [0.29, 0.717) is 12.2 Å². The first-order valence-electron chi connectivity index (χ1n) is 6.80. The van der Waals surface area contributed by atoms with Crippen LogP contribution in [0.2, 0.25) is 0 Å². The minimum atomic E-state index is -0.0926. The molecular weight excluding hydrogens is 260 g/mol. The summed E-state index contributed by atoms with van der Waals surface area (Å²) in [4.78, 5) is 12.7. The third-order valence-corrected chi connectivity index (χ3v) is 3.52. The monoisotopic (exact) mass is 276 g/mol. The summed E-state index contributed by atoms with van der Waals surface area (Å²) in [7, 11) is 0. The first kappa shape index (κ1) is 13.2. The second kappa shape index (κ2) is 5.29. The number of imidazole rings is 1. The number of hydrogen-bond acceptors (Lipinski definition) is 1. The van der Waals surface area contributed by atoms with Crippen molar-refractivity contribution in [1.82, 2.24) is 9.13 Å². The maximum Gasteiger partial charge on any atom is 0.334 e. The highest BCUT2D eigenvalue weighted by Gasteiger charge is 2.14. The molecule has 0 spiro atoms. The van der Waals surface area contributed by atoms with Crippen molar-refractivity contribution < 1.29 is 0 Å². The summed E-state index contributed by atoms with van der Waals surface area (Å²) in [5, 5.41) is 0. The molecule has 0 N–H and O–H groups in total.